The SMILES string of the molecule is CC1(C)OC(C)(C)[C@@H](NC(=O)C(F)(F)F)[C@@H]1I. The van der Waals surface area contributed by atoms with Gasteiger partial charge in [0.25, 0.3) is 0 Å². The van der Waals surface area contributed by atoms with E-state index >= 15 is 0 Å². The van der Waals surface area contributed by atoms with Gasteiger partial charge in [-0.05, 0) is 27.7 Å². The second kappa shape index (κ2) is 4.25. The Morgan fingerprint density at radius 2 is 1.71 bits per heavy atom. The first-order valence-corrected chi connectivity index (χ1v) is 6.34. The summed E-state index contributed by atoms with van der Waals surface area (Å²) in [5.41, 5.74) is -1.40. The minimum Gasteiger partial charge on any atom is -0.366 e. The van der Waals surface area contributed by atoms with Gasteiger partial charge in [-0.3, -0.25) is 4.79 Å². The summed E-state index contributed by atoms with van der Waals surface area (Å²) in [4.78, 5) is 11.0. The third kappa shape index (κ3) is 3.04. The largest absolute Gasteiger partial charge is 0.471 e. The molecular formula is C10H15F3INO2. The lowest BCUT2D eigenvalue weighted by Crippen LogP contribution is -2.53. The van der Waals surface area contributed by atoms with Crippen LogP contribution in [0.25, 0.3) is 0 Å². The molecule has 17 heavy (non-hydrogen) atoms. The Labute approximate surface area is 112 Å². The Morgan fingerprint density at radius 3 is 2.00 bits per heavy atom. The molecule has 1 heterocycles. The summed E-state index contributed by atoms with van der Waals surface area (Å²) in [6.07, 6.45) is -4.86. The topological polar surface area (TPSA) is 38.3 Å². The summed E-state index contributed by atoms with van der Waals surface area (Å²) in [7, 11) is 0. The summed E-state index contributed by atoms with van der Waals surface area (Å²) >= 11 is 2.02. The van der Waals surface area contributed by atoms with E-state index in [0.717, 1.165) is 0 Å². The van der Waals surface area contributed by atoms with Gasteiger partial charge in [-0.25, -0.2) is 0 Å². The summed E-state index contributed by atoms with van der Waals surface area (Å²) < 4.78 is 42.1. The molecular weight excluding hydrogens is 350 g/mol. The zero-order chi connectivity index (χ0) is 13.6. The van der Waals surface area contributed by atoms with Crippen molar-refractivity contribution in [1.82, 2.24) is 5.32 Å². The Balaban J connectivity index is 2.88. The van der Waals surface area contributed by atoms with E-state index in [2.05, 4.69) is 0 Å². The van der Waals surface area contributed by atoms with Crippen molar-refractivity contribution in [3.05, 3.63) is 0 Å². The molecule has 3 nitrogen and oxygen atoms in total. The average molecular weight is 365 g/mol. The fourth-order valence-electron chi connectivity index (χ4n) is 2.02. The van der Waals surface area contributed by atoms with Gasteiger partial charge in [-0.1, -0.05) is 22.6 Å². The Hall–Kier alpha value is -0.0500. The van der Waals surface area contributed by atoms with E-state index in [-0.39, 0.29) is 3.92 Å². The number of carbonyl (C=O) groups excluding carboxylic acids is 1. The molecule has 0 aromatic rings. The molecule has 0 aliphatic carbocycles. The van der Waals surface area contributed by atoms with Gasteiger partial charge in [-0.15, -0.1) is 0 Å². The van der Waals surface area contributed by atoms with Crippen LogP contribution in [-0.4, -0.2) is 33.3 Å². The van der Waals surface area contributed by atoms with Crippen molar-refractivity contribution in [3.63, 3.8) is 0 Å². The van der Waals surface area contributed by atoms with E-state index in [1.54, 1.807) is 27.7 Å². The van der Waals surface area contributed by atoms with Crippen LogP contribution >= 0.6 is 22.6 Å². The molecule has 1 amide bonds. The number of nitrogens with one attached hydrogen (secondary N) is 1. The van der Waals surface area contributed by atoms with Gasteiger partial charge in [0.1, 0.15) is 0 Å². The van der Waals surface area contributed by atoms with Crippen LogP contribution in [0.15, 0.2) is 0 Å². The van der Waals surface area contributed by atoms with Gasteiger partial charge >= 0.3 is 12.1 Å². The summed E-state index contributed by atoms with van der Waals surface area (Å²) in [6, 6.07) is -0.674. The number of halogens is 4. The predicted molar refractivity (Wildman–Crippen MR) is 65.0 cm³/mol. The van der Waals surface area contributed by atoms with Crippen LogP contribution in [0.2, 0.25) is 0 Å². The van der Waals surface area contributed by atoms with Gasteiger partial charge in [-0.2, -0.15) is 13.2 Å². The third-order valence-corrected chi connectivity index (χ3v) is 4.99. The maximum absolute atomic E-state index is 12.2. The summed E-state index contributed by atoms with van der Waals surface area (Å²) in [5.74, 6) is -1.92. The molecule has 100 valence electrons. The van der Waals surface area contributed by atoms with Crippen LogP contribution in [0, 0.1) is 0 Å². The molecule has 7 heteroatoms. The highest BCUT2D eigenvalue weighted by atomic mass is 127. The van der Waals surface area contributed by atoms with Crippen molar-refractivity contribution >= 4 is 28.5 Å². The Bertz CT molecular complexity index is 328. The van der Waals surface area contributed by atoms with E-state index in [9.17, 15) is 18.0 Å². The smallest absolute Gasteiger partial charge is 0.366 e. The van der Waals surface area contributed by atoms with Crippen LogP contribution < -0.4 is 5.32 Å². The third-order valence-electron chi connectivity index (χ3n) is 2.78. The molecule has 0 radical (unpaired) electrons. The van der Waals surface area contributed by atoms with Crippen LogP contribution in [-0.2, 0) is 9.53 Å². The summed E-state index contributed by atoms with van der Waals surface area (Å²) in [6.45, 7) is 6.95. The number of ether oxygens (including phenoxy) is 1. The zero-order valence-electron chi connectivity index (χ0n) is 9.98. The van der Waals surface area contributed by atoms with Gasteiger partial charge in [0, 0.05) is 0 Å². The van der Waals surface area contributed by atoms with Crippen LogP contribution in [0.1, 0.15) is 27.7 Å². The lowest BCUT2D eigenvalue weighted by atomic mass is 9.94. The number of alkyl halides is 4. The molecule has 0 aromatic heterocycles. The highest BCUT2D eigenvalue weighted by molar-refractivity contribution is 14.1. The lowest BCUT2D eigenvalue weighted by Gasteiger charge is -2.28. The maximum Gasteiger partial charge on any atom is 0.471 e. The molecule has 0 unspecified atom stereocenters. The van der Waals surface area contributed by atoms with E-state index in [1.807, 2.05) is 27.9 Å². The monoisotopic (exact) mass is 365 g/mol. The number of carbonyl (C=O) groups is 1. The second-order valence-electron chi connectivity index (χ2n) is 5.16. The van der Waals surface area contributed by atoms with E-state index < -0.39 is 29.3 Å². The van der Waals surface area contributed by atoms with Gasteiger partial charge < -0.3 is 10.1 Å². The van der Waals surface area contributed by atoms with Crippen LogP contribution in [0.5, 0.6) is 0 Å². The molecule has 0 spiro atoms. The second-order valence-corrected chi connectivity index (χ2v) is 6.50. The van der Waals surface area contributed by atoms with Crippen molar-refractivity contribution in [3.8, 4) is 0 Å². The van der Waals surface area contributed by atoms with E-state index in [1.165, 1.54) is 0 Å². The maximum atomic E-state index is 12.2. The molecule has 2 atom stereocenters. The van der Waals surface area contributed by atoms with E-state index in [4.69, 9.17) is 4.74 Å². The quantitative estimate of drug-likeness (QED) is 0.573. The number of hydrogen-bond acceptors (Lipinski definition) is 2. The number of rotatable bonds is 1. The first-order valence-electron chi connectivity index (χ1n) is 5.10. The molecule has 0 bridgehead atoms. The molecule has 0 aromatic carbocycles. The Morgan fingerprint density at radius 1 is 1.24 bits per heavy atom. The number of amides is 1. The standard InChI is InChI=1S/C10H15F3INO2/c1-8(2)5(14)6(9(3,4)17-8)15-7(16)10(11,12)13/h5-6H,1-4H3,(H,15,16)/t5-,6-/m0/s1. The van der Waals surface area contributed by atoms with Crippen molar-refractivity contribution in [2.45, 2.75) is 55.0 Å². The molecule has 0 saturated carbocycles. The first-order chi connectivity index (χ1) is 7.38. The van der Waals surface area contributed by atoms with Gasteiger partial charge in [0.15, 0.2) is 0 Å². The molecule has 1 saturated heterocycles. The minimum absolute atomic E-state index is 0.235. The first kappa shape index (κ1) is 15.0. The Kier molecular flexibility index (Phi) is 3.76. The number of hydrogen-bond donors (Lipinski definition) is 1. The van der Waals surface area contributed by atoms with Gasteiger partial charge in [0.05, 0.1) is 21.2 Å². The zero-order valence-corrected chi connectivity index (χ0v) is 12.1. The molecule has 1 aliphatic rings. The highest BCUT2D eigenvalue weighted by Gasteiger charge is 2.55. The van der Waals surface area contributed by atoms with Gasteiger partial charge in [0.2, 0.25) is 0 Å². The molecule has 1 N–H and O–H groups in total. The van der Waals surface area contributed by atoms with Crippen molar-refractivity contribution in [1.29, 1.82) is 0 Å². The lowest BCUT2D eigenvalue weighted by molar-refractivity contribution is -0.175. The average Bonchev–Trinajstić information content (AvgIpc) is 2.21. The van der Waals surface area contributed by atoms with Crippen molar-refractivity contribution in [2.24, 2.45) is 0 Å². The molecule has 1 rings (SSSR count). The van der Waals surface area contributed by atoms with Crippen LogP contribution in [0.4, 0.5) is 13.2 Å². The van der Waals surface area contributed by atoms with Crippen molar-refractivity contribution in [2.75, 3.05) is 0 Å². The highest BCUT2D eigenvalue weighted by Crippen LogP contribution is 2.42. The molecule has 1 aliphatic heterocycles. The van der Waals surface area contributed by atoms with Crippen LogP contribution in [0.3, 0.4) is 0 Å². The minimum atomic E-state index is -4.86. The van der Waals surface area contributed by atoms with Crippen molar-refractivity contribution < 1.29 is 22.7 Å². The fourth-order valence-corrected chi connectivity index (χ4v) is 3.19. The predicted octanol–water partition coefficient (Wildman–Crippen LogP) is 2.42. The summed E-state index contributed by atoms with van der Waals surface area (Å²) in [5, 5.41) is 2.02. The normalized spacial score (nSPS) is 31.3. The fraction of sp³-hybridized carbons (Fsp3) is 0.900. The molecule has 1 fully saturated rings. The van der Waals surface area contributed by atoms with E-state index in [0.29, 0.717) is 0 Å².